The number of benzene rings is 1. The molecule has 1 N–H and O–H groups in total. The van der Waals surface area contributed by atoms with Gasteiger partial charge in [-0.25, -0.2) is 0 Å². The van der Waals surface area contributed by atoms with Crippen molar-refractivity contribution in [3.05, 3.63) is 42.5 Å². The van der Waals surface area contributed by atoms with Crippen molar-refractivity contribution in [1.29, 1.82) is 0 Å². The van der Waals surface area contributed by atoms with Crippen molar-refractivity contribution in [2.75, 3.05) is 0 Å². The Bertz CT molecular complexity index is 350. The van der Waals surface area contributed by atoms with Gasteiger partial charge in [0, 0.05) is 0 Å². The first-order valence-corrected chi connectivity index (χ1v) is 6.06. The lowest BCUT2D eigenvalue weighted by molar-refractivity contribution is 0.0487. The smallest absolute Gasteiger partial charge is 0.119 e. The third-order valence-corrected chi connectivity index (χ3v) is 2.68. The van der Waals surface area contributed by atoms with Gasteiger partial charge in [0.15, 0.2) is 0 Å². The van der Waals surface area contributed by atoms with E-state index < -0.39 is 5.60 Å². The quantitative estimate of drug-likeness (QED) is 0.761. The molecule has 1 rings (SSSR count). The number of ether oxygens (including phenoxy) is 1. The van der Waals surface area contributed by atoms with E-state index in [1.807, 2.05) is 51.1 Å². The highest BCUT2D eigenvalue weighted by atomic mass is 16.5. The molecule has 0 aliphatic heterocycles. The van der Waals surface area contributed by atoms with Gasteiger partial charge in [-0.15, -0.1) is 6.58 Å². The number of hydrogen-bond acceptors (Lipinski definition) is 2. The van der Waals surface area contributed by atoms with Gasteiger partial charge in [0.25, 0.3) is 0 Å². The average molecular weight is 234 g/mol. The zero-order valence-corrected chi connectivity index (χ0v) is 10.9. The van der Waals surface area contributed by atoms with Gasteiger partial charge in [0.05, 0.1) is 11.7 Å². The largest absolute Gasteiger partial charge is 0.491 e. The van der Waals surface area contributed by atoms with Gasteiger partial charge < -0.3 is 9.84 Å². The summed E-state index contributed by atoms with van der Waals surface area (Å²) in [7, 11) is 0. The summed E-state index contributed by atoms with van der Waals surface area (Å²) in [4.78, 5) is 0. The van der Waals surface area contributed by atoms with Crippen LogP contribution in [-0.4, -0.2) is 11.2 Å². The Morgan fingerprint density at radius 2 is 1.94 bits per heavy atom. The maximum atomic E-state index is 10.3. The van der Waals surface area contributed by atoms with Gasteiger partial charge >= 0.3 is 0 Å². The van der Waals surface area contributed by atoms with Crippen molar-refractivity contribution in [1.82, 2.24) is 0 Å². The van der Waals surface area contributed by atoms with E-state index in [9.17, 15) is 5.11 Å². The molecular weight excluding hydrogens is 212 g/mol. The molecule has 17 heavy (non-hydrogen) atoms. The second-order valence-electron chi connectivity index (χ2n) is 4.79. The molecule has 1 unspecified atom stereocenters. The number of aliphatic hydroxyl groups is 1. The van der Waals surface area contributed by atoms with Crippen LogP contribution in [0.5, 0.6) is 5.75 Å². The van der Waals surface area contributed by atoms with Crippen LogP contribution in [0.1, 0.15) is 39.2 Å². The van der Waals surface area contributed by atoms with Crippen LogP contribution in [0.15, 0.2) is 36.9 Å². The van der Waals surface area contributed by atoms with E-state index in [1.54, 1.807) is 0 Å². The predicted molar refractivity (Wildman–Crippen MR) is 71.2 cm³/mol. The van der Waals surface area contributed by atoms with E-state index in [0.717, 1.165) is 17.7 Å². The minimum Gasteiger partial charge on any atom is -0.491 e. The van der Waals surface area contributed by atoms with Crippen LogP contribution in [0.4, 0.5) is 0 Å². The maximum Gasteiger partial charge on any atom is 0.119 e. The molecule has 2 nitrogen and oxygen atoms in total. The first-order valence-electron chi connectivity index (χ1n) is 6.06. The summed E-state index contributed by atoms with van der Waals surface area (Å²) in [5.41, 5.74) is 0.111. The molecule has 2 heteroatoms. The normalized spacial score (nSPS) is 14.4. The molecule has 0 saturated heterocycles. The van der Waals surface area contributed by atoms with Crippen molar-refractivity contribution in [3.63, 3.8) is 0 Å². The standard InChI is InChI=1S/C15H22O2/c1-5-6-11-15(4,16)13-7-9-14(10-8-13)17-12(2)3/h5,7-10,12,16H,1,6,11H2,2-4H3. The molecule has 0 heterocycles. The molecule has 0 amide bonds. The molecule has 0 fully saturated rings. The van der Waals surface area contributed by atoms with Gasteiger partial charge in [-0.05, 0) is 51.3 Å². The van der Waals surface area contributed by atoms with Crippen LogP contribution in [0.2, 0.25) is 0 Å². The first kappa shape index (κ1) is 13.8. The van der Waals surface area contributed by atoms with Crippen LogP contribution in [0.3, 0.4) is 0 Å². The Morgan fingerprint density at radius 3 is 2.41 bits per heavy atom. The maximum absolute atomic E-state index is 10.3. The minimum absolute atomic E-state index is 0.169. The summed E-state index contributed by atoms with van der Waals surface area (Å²) in [6.07, 6.45) is 3.48. The number of rotatable bonds is 6. The molecular formula is C15H22O2. The summed E-state index contributed by atoms with van der Waals surface area (Å²) < 4.78 is 5.57. The molecule has 0 radical (unpaired) electrons. The molecule has 0 aliphatic carbocycles. The second-order valence-corrected chi connectivity index (χ2v) is 4.79. The second kappa shape index (κ2) is 5.87. The van der Waals surface area contributed by atoms with Gasteiger partial charge in [0.1, 0.15) is 5.75 Å². The lowest BCUT2D eigenvalue weighted by atomic mass is 9.91. The van der Waals surface area contributed by atoms with Crippen molar-refractivity contribution >= 4 is 0 Å². The summed E-state index contributed by atoms with van der Waals surface area (Å²) in [5, 5.41) is 10.3. The van der Waals surface area contributed by atoms with E-state index in [1.165, 1.54) is 0 Å². The van der Waals surface area contributed by atoms with Crippen molar-refractivity contribution in [3.8, 4) is 5.75 Å². The molecule has 0 aromatic heterocycles. The van der Waals surface area contributed by atoms with Crippen LogP contribution in [0.25, 0.3) is 0 Å². The third-order valence-electron chi connectivity index (χ3n) is 2.68. The Kier molecular flexibility index (Phi) is 4.76. The highest BCUT2D eigenvalue weighted by Gasteiger charge is 2.21. The van der Waals surface area contributed by atoms with E-state index in [-0.39, 0.29) is 6.10 Å². The van der Waals surface area contributed by atoms with E-state index in [4.69, 9.17) is 4.74 Å². The molecule has 0 saturated carbocycles. The van der Waals surface area contributed by atoms with Crippen molar-refractivity contribution in [2.45, 2.75) is 45.3 Å². The summed E-state index contributed by atoms with van der Waals surface area (Å²) >= 11 is 0. The molecule has 1 atom stereocenters. The van der Waals surface area contributed by atoms with Crippen LogP contribution >= 0.6 is 0 Å². The zero-order chi connectivity index (χ0) is 12.9. The SMILES string of the molecule is C=CCCC(C)(O)c1ccc(OC(C)C)cc1. The predicted octanol–water partition coefficient (Wildman–Crippen LogP) is 3.65. The average Bonchev–Trinajstić information content (AvgIpc) is 2.26. The number of allylic oxidation sites excluding steroid dienone is 1. The summed E-state index contributed by atoms with van der Waals surface area (Å²) in [5.74, 6) is 0.836. The number of hydrogen-bond donors (Lipinski definition) is 1. The highest BCUT2D eigenvalue weighted by molar-refractivity contribution is 5.30. The lowest BCUT2D eigenvalue weighted by Crippen LogP contribution is -2.20. The van der Waals surface area contributed by atoms with Crippen LogP contribution in [0, 0.1) is 0 Å². The van der Waals surface area contributed by atoms with E-state index in [0.29, 0.717) is 6.42 Å². The lowest BCUT2D eigenvalue weighted by Gasteiger charge is -2.23. The van der Waals surface area contributed by atoms with Crippen molar-refractivity contribution < 1.29 is 9.84 Å². The summed E-state index contributed by atoms with van der Waals surface area (Å²) in [6.45, 7) is 9.49. The molecule has 0 aliphatic rings. The van der Waals surface area contributed by atoms with Gasteiger partial charge in [-0.1, -0.05) is 18.2 Å². The third kappa shape index (κ3) is 4.23. The van der Waals surface area contributed by atoms with Gasteiger partial charge in [-0.3, -0.25) is 0 Å². The minimum atomic E-state index is -0.801. The fourth-order valence-electron chi connectivity index (χ4n) is 1.69. The van der Waals surface area contributed by atoms with Crippen molar-refractivity contribution in [2.24, 2.45) is 0 Å². The van der Waals surface area contributed by atoms with E-state index >= 15 is 0 Å². The zero-order valence-electron chi connectivity index (χ0n) is 10.9. The summed E-state index contributed by atoms with van der Waals surface area (Å²) in [6, 6.07) is 7.64. The fourth-order valence-corrected chi connectivity index (χ4v) is 1.69. The molecule has 94 valence electrons. The van der Waals surface area contributed by atoms with Crippen LogP contribution in [-0.2, 0) is 5.60 Å². The highest BCUT2D eigenvalue weighted by Crippen LogP contribution is 2.27. The van der Waals surface area contributed by atoms with E-state index in [2.05, 4.69) is 6.58 Å². The Hall–Kier alpha value is -1.28. The Labute approximate surface area is 104 Å². The van der Waals surface area contributed by atoms with Gasteiger partial charge in [0.2, 0.25) is 0 Å². The van der Waals surface area contributed by atoms with Crippen LogP contribution < -0.4 is 4.74 Å². The first-order chi connectivity index (χ1) is 7.95. The molecule has 0 bridgehead atoms. The molecule has 1 aromatic rings. The monoisotopic (exact) mass is 234 g/mol. The Morgan fingerprint density at radius 1 is 1.35 bits per heavy atom. The molecule has 1 aromatic carbocycles. The topological polar surface area (TPSA) is 29.5 Å². The molecule has 0 spiro atoms. The van der Waals surface area contributed by atoms with Gasteiger partial charge in [-0.2, -0.15) is 0 Å². The fraction of sp³-hybridized carbons (Fsp3) is 0.467. The Balaban J connectivity index is 2.75.